The normalized spacial score (nSPS) is 12.8. The summed E-state index contributed by atoms with van der Waals surface area (Å²) in [5.41, 5.74) is 5.43. The Kier molecular flexibility index (Phi) is 8.93. The third kappa shape index (κ3) is 8.94. The second kappa shape index (κ2) is 9.26. The molecular weight excluding hydrogens is 258 g/mol. The number of amides is 1. The zero-order chi connectivity index (χ0) is 15.0. The Morgan fingerprint density at radius 3 is 2.21 bits per heavy atom. The van der Waals surface area contributed by atoms with Crippen LogP contribution in [-0.2, 0) is 4.79 Å². The molecule has 0 bridgehead atoms. The zero-order valence-electron chi connectivity index (χ0n) is 13.0. The van der Waals surface area contributed by atoms with Crippen molar-refractivity contribution in [2.75, 3.05) is 27.2 Å². The van der Waals surface area contributed by atoms with Crippen molar-refractivity contribution in [1.29, 1.82) is 0 Å². The highest BCUT2D eigenvalue weighted by Gasteiger charge is 2.14. The fourth-order valence-corrected chi connectivity index (χ4v) is 2.04. The van der Waals surface area contributed by atoms with Crippen LogP contribution in [0.2, 0.25) is 0 Å². The summed E-state index contributed by atoms with van der Waals surface area (Å²) in [6, 6.07) is 0.509. The molecule has 0 heterocycles. The Bertz CT molecular complexity index is 294. The highest BCUT2D eigenvalue weighted by atomic mass is 32.1. The zero-order valence-corrected chi connectivity index (χ0v) is 13.8. The summed E-state index contributed by atoms with van der Waals surface area (Å²) in [6.07, 6.45) is 2.30. The average molecular weight is 287 g/mol. The van der Waals surface area contributed by atoms with Crippen LogP contribution in [-0.4, -0.2) is 53.9 Å². The molecule has 0 rings (SSSR count). The van der Waals surface area contributed by atoms with Gasteiger partial charge >= 0.3 is 0 Å². The number of hydrogen-bond donors (Lipinski definition) is 1. The minimum Gasteiger partial charge on any atom is -0.393 e. The number of hydrogen-bond acceptors (Lipinski definition) is 3. The van der Waals surface area contributed by atoms with Crippen molar-refractivity contribution in [3.8, 4) is 0 Å². The van der Waals surface area contributed by atoms with Crippen molar-refractivity contribution in [1.82, 2.24) is 9.80 Å². The fourth-order valence-electron chi connectivity index (χ4n) is 1.95. The number of rotatable bonds is 9. The van der Waals surface area contributed by atoms with E-state index in [9.17, 15) is 4.79 Å². The van der Waals surface area contributed by atoms with Gasteiger partial charge in [0.05, 0.1) is 4.99 Å². The first-order valence-corrected chi connectivity index (χ1v) is 7.37. The molecule has 1 unspecified atom stereocenters. The van der Waals surface area contributed by atoms with Crippen molar-refractivity contribution in [2.24, 2.45) is 11.7 Å². The second-order valence-corrected chi connectivity index (χ2v) is 6.27. The van der Waals surface area contributed by atoms with Crippen LogP contribution in [0.5, 0.6) is 0 Å². The van der Waals surface area contributed by atoms with Gasteiger partial charge in [-0.1, -0.05) is 26.1 Å². The highest BCUT2D eigenvalue weighted by Crippen LogP contribution is 2.10. The third-order valence-electron chi connectivity index (χ3n) is 3.36. The molecule has 0 aromatic carbocycles. The number of nitrogens with zero attached hydrogens (tertiary/aromatic N) is 2. The topological polar surface area (TPSA) is 49.6 Å². The molecule has 0 aromatic rings. The molecule has 0 spiro atoms. The monoisotopic (exact) mass is 287 g/mol. The molecule has 0 aromatic heterocycles. The standard InChI is InChI=1S/C14H29N3OS/c1-11(2)10-12(3)16(4)9-7-14(18)17(5)8-6-13(15)19/h11-12H,6-10H2,1-5H3,(H2,15,19). The van der Waals surface area contributed by atoms with Crippen molar-refractivity contribution >= 4 is 23.1 Å². The molecule has 4 nitrogen and oxygen atoms in total. The van der Waals surface area contributed by atoms with Gasteiger partial charge in [-0.25, -0.2) is 0 Å². The summed E-state index contributed by atoms with van der Waals surface area (Å²) in [6.45, 7) is 8.06. The number of carbonyl (C=O) groups is 1. The van der Waals surface area contributed by atoms with E-state index in [4.69, 9.17) is 18.0 Å². The lowest BCUT2D eigenvalue weighted by molar-refractivity contribution is -0.130. The molecule has 0 aliphatic carbocycles. The second-order valence-electron chi connectivity index (χ2n) is 5.74. The van der Waals surface area contributed by atoms with Crippen LogP contribution >= 0.6 is 12.2 Å². The lowest BCUT2D eigenvalue weighted by atomic mass is 10.0. The Hall–Kier alpha value is -0.680. The largest absolute Gasteiger partial charge is 0.393 e. The summed E-state index contributed by atoms with van der Waals surface area (Å²) in [5, 5.41) is 0. The van der Waals surface area contributed by atoms with Crippen molar-refractivity contribution < 1.29 is 4.79 Å². The first-order valence-electron chi connectivity index (χ1n) is 6.96. The SMILES string of the molecule is CC(C)CC(C)N(C)CCC(=O)N(C)CCC(N)=S. The third-order valence-corrected chi connectivity index (χ3v) is 3.57. The van der Waals surface area contributed by atoms with Crippen LogP contribution in [0, 0.1) is 5.92 Å². The van der Waals surface area contributed by atoms with Gasteiger partial charge in [-0.3, -0.25) is 4.79 Å². The minimum absolute atomic E-state index is 0.153. The smallest absolute Gasteiger partial charge is 0.223 e. The maximum Gasteiger partial charge on any atom is 0.223 e. The Morgan fingerprint density at radius 1 is 1.16 bits per heavy atom. The van der Waals surface area contributed by atoms with Gasteiger partial charge in [0.2, 0.25) is 5.91 Å². The molecule has 0 radical (unpaired) electrons. The highest BCUT2D eigenvalue weighted by molar-refractivity contribution is 7.80. The van der Waals surface area contributed by atoms with Crippen LogP contribution < -0.4 is 5.73 Å². The summed E-state index contributed by atoms with van der Waals surface area (Å²) < 4.78 is 0. The molecule has 0 aliphatic rings. The van der Waals surface area contributed by atoms with Gasteiger partial charge in [0.25, 0.3) is 0 Å². The van der Waals surface area contributed by atoms with Crippen LogP contribution in [0.4, 0.5) is 0 Å². The predicted octanol–water partition coefficient (Wildman–Crippen LogP) is 1.88. The van der Waals surface area contributed by atoms with Crippen LogP contribution in [0.15, 0.2) is 0 Å². The average Bonchev–Trinajstić information content (AvgIpc) is 2.31. The molecule has 0 saturated carbocycles. The fraction of sp³-hybridized carbons (Fsp3) is 0.857. The van der Waals surface area contributed by atoms with Gasteiger partial charge in [0, 0.05) is 39.0 Å². The van der Waals surface area contributed by atoms with E-state index in [1.165, 1.54) is 0 Å². The lowest BCUT2D eigenvalue weighted by Crippen LogP contribution is -2.36. The molecule has 19 heavy (non-hydrogen) atoms. The molecule has 1 atom stereocenters. The minimum atomic E-state index is 0.153. The van der Waals surface area contributed by atoms with Crippen LogP contribution in [0.25, 0.3) is 0 Å². The van der Waals surface area contributed by atoms with Crippen LogP contribution in [0.1, 0.15) is 40.0 Å². The van der Waals surface area contributed by atoms with Gasteiger partial charge in [0.15, 0.2) is 0 Å². The molecule has 5 heteroatoms. The van der Waals surface area contributed by atoms with E-state index in [0.717, 1.165) is 13.0 Å². The van der Waals surface area contributed by atoms with Gasteiger partial charge in [0.1, 0.15) is 0 Å². The summed E-state index contributed by atoms with van der Waals surface area (Å²) in [7, 11) is 3.88. The van der Waals surface area contributed by atoms with E-state index in [1.807, 2.05) is 0 Å². The first-order chi connectivity index (χ1) is 8.73. The molecule has 1 amide bonds. The molecular formula is C14H29N3OS. The first kappa shape index (κ1) is 18.3. The van der Waals surface area contributed by atoms with Crippen molar-refractivity contribution in [3.63, 3.8) is 0 Å². The van der Waals surface area contributed by atoms with Crippen LogP contribution in [0.3, 0.4) is 0 Å². The predicted molar refractivity (Wildman–Crippen MR) is 85.2 cm³/mol. The van der Waals surface area contributed by atoms with Gasteiger partial charge in [-0.2, -0.15) is 0 Å². The molecule has 2 N–H and O–H groups in total. The van der Waals surface area contributed by atoms with E-state index in [1.54, 1.807) is 11.9 Å². The van der Waals surface area contributed by atoms with Gasteiger partial charge in [-0.05, 0) is 26.3 Å². The number of thiocarbonyl (C=S) groups is 1. The number of nitrogens with two attached hydrogens (primary N) is 1. The maximum absolute atomic E-state index is 11.9. The quantitative estimate of drug-likeness (QED) is 0.658. The van der Waals surface area contributed by atoms with Gasteiger partial charge in [-0.15, -0.1) is 0 Å². The van der Waals surface area contributed by atoms with Crippen molar-refractivity contribution in [3.05, 3.63) is 0 Å². The van der Waals surface area contributed by atoms with E-state index in [0.29, 0.717) is 36.3 Å². The summed E-state index contributed by atoms with van der Waals surface area (Å²) in [4.78, 5) is 16.3. The van der Waals surface area contributed by atoms with E-state index >= 15 is 0 Å². The summed E-state index contributed by atoms with van der Waals surface area (Å²) in [5.74, 6) is 0.834. The maximum atomic E-state index is 11.9. The Balaban J connectivity index is 3.97. The van der Waals surface area contributed by atoms with Crippen molar-refractivity contribution in [2.45, 2.75) is 46.1 Å². The van der Waals surface area contributed by atoms with E-state index in [-0.39, 0.29) is 5.91 Å². The van der Waals surface area contributed by atoms with E-state index in [2.05, 4.69) is 32.7 Å². The molecule has 0 saturated heterocycles. The van der Waals surface area contributed by atoms with E-state index < -0.39 is 0 Å². The molecule has 112 valence electrons. The summed E-state index contributed by atoms with van der Waals surface area (Å²) >= 11 is 4.81. The lowest BCUT2D eigenvalue weighted by Gasteiger charge is -2.26. The Morgan fingerprint density at radius 2 is 1.74 bits per heavy atom. The Labute approximate surface area is 123 Å². The molecule has 0 aliphatic heterocycles. The number of carbonyl (C=O) groups excluding carboxylic acids is 1. The van der Waals surface area contributed by atoms with Gasteiger partial charge < -0.3 is 15.5 Å². The molecule has 0 fully saturated rings.